The van der Waals surface area contributed by atoms with E-state index >= 15 is 0 Å². The van der Waals surface area contributed by atoms with E-state index < -0.39 is 23.7 Å². The van der Waals surface area contributed by atoms with E-state index in [1.807, 2.05) is 50.2 Å². The number of benzene rings is 2. The summed E-state index contributed by atoms with van der Waals surface area (Å²) in [5.74, 6) is -1.92. The van der Waals surface area contributed by atoms with Gasteiger partial charge in [-0.25, -0.2) is 0 Å². The Labute approximate surface area is 190 Å². The Hall–Kier alpha value is -2.99. The lowest BCUT2D eigenvalue weighted by atomic mass is 9.84. The summed E-state index contributed by atoms with van der Waals surface area (Å²) in [6, 6.07) is 12.4. The molecule has 0 aromatic heterocycles. The van der Waals surface area contributed by atoms with E-state index in [9.17, 15) is 14.4 Å². The number of nitrogens with zero attached hydrogens (tertiary/aromatic N) is 2. The van der Waals surface area contributed by atoms with Crippen molar-refractivity contribution in [3.63, 3.8) is 0 Å². The highest BCUT2D eigenvalue weighted by molar-refractivity contribution is 6.44. The number of ketones is 2. The summed E-state index contributed by atoms with van der Waals surface area (Å²) in [4.78, 5) is 43.4. The van der Waals surface area contributed by atoms with Crippen LogP contribution in [0.5, 0.6) is 5.75 Å². The van der Waals surface area contributed by atoms with E-state index in [0.29, 0.717) is 17.9 Å². The molecule has 0 N–H and O–H groups in total. The standard InChI is InChI=1S/C26H32N2O4/c1-6-18-8-10-19(11-9-18)23-22(24(29)21-13-12-20(32-5)16-17(21)2)25(30)26(31)28(23)15-7-14-27(3)4/h8-13,16,22-23H,6-7,14-15H2,1-5H3. The Morgan fingerprint density at radius 3 is 2.34 bits per heavy atom. The van der Waals surface area contributed by atoms with Gasteiger partial charge in [-0.1, -0.05) is 31.2 Å². The van der Waals surface area contributed by atoms with Gasteiger partial charge < -0.3 is 14.5 Å². The van der Waals surface area contributed by atoms with Crippen molar-refractivity contribution < 1.29 is 19.1 Å². The van der Waals surface area contributed by atoms with E-state index in [-0.39, 0.29) is 5.78 Å². The molecule has 2 aromatic carbocycles. The van der Waals surface area contributed by atoms with Crippen LogP contribution in [0.1, 0.15) is 46.4 Å². The maximum Gasteiger partial charge on any atom is 0.291 e. The summed E-state index contributed by atoms with van der Waals surface area (Å²) in [5.41, 5.74) is 3.15. The molecule has 2 atom stereocenters. The van der Waals surface area contributed by atoms with E-state index in [0.717, 1.165) is 36.1 Å². The molecular weight excluding hydrogens is 404 g/mol. The predicted octanol–water partition coefficient (Wildman–Crippen LogP) is 3.47. The molecule has 1 saturated heterocycles. The number of likely N-dealkylation sites (tertiary alicyclic amines) is 1. The Kier molecular flexibility index (Phi) is 7.46. The Morgan fingerprint density at radius 2 is 1.78 bits per heavy atom. The lowest BCUT2D eigenvalue weighted by Crippen LogP contribution is -2.33. The number of carbonyl (C=O) groups excluding carboxylic acids is 3. The number of rotatable bonds is 9. The molecule has 1 heterocycles. The van der Waals surface area contributed by atoms with Gasteiger partial charge in [-0.15, -0.1) is 0 Å². The molecular formula is C26H32N2O4. The van der Waals surface area contributed by atoms with Crippen LogP contribution in [0.25, 0.3) is 0 Å². The summed E-state index contributed by atoms with van der Waals surface area (Å²) in [6.45, 7) is 5.10. The zero-order valence-corrected chi connectivity index (χ0v) is 19.6. The van der Waals surface area contributed by atoms with Crippen LogP contribution in [-0.2, 0) is 16.0 Å². The first-order valence-corrected chi connectivity index (χ1v) is 11.1. The van der Waals surface area contributed by atoms with Crippen molar-refractivity contribution in [2.45, 2.75) is 32.7 Å². The maximum atomic E-state index is 13.6. The Balaban J connectivity index is 2.01. The number of methoxy groups -OCH3 is 1. The minimum absolute atomic E-state index is 0.316. The number of Topliss-reactive ketones (excluding diaryl/α,β-unsaturated/α-hetero) is 2. The lowest BCUT2D eigenvalue weighted by Gasteiger charge is -2.28. The van der Waals surface area contributed by atoms with Crippen molar-refractivity contribution in [1.29, 1.82) is 0 Å². The van der Waals surface area contributed by atoms with Crippen LogP contribution < -0.4 is 4.74 Å². The average molecular weight is 437 g/mol. The van der Waals surface area contributed by atoms with Gasteiger partial charge in [0.15, 0.2) is 5.78 Å². The molecule has 6 heteroatoms. The summed E-state index contributed by atoms with van der Waals surface area (Å²) in [6.07, 6.45) is 1.61. The molecule has 32 heavy (non-hydrogen) atoms. The van der Waals surface area contributed by atoms with Gasteiger partial charge >= 0.3 is 0 Å². The number of ether oxygens (including phenoxy) is 1. The van der Waals surface area contributed by atoms with Crippen molar-refractivity contribution in [3.05, 3.63) is 64.7 Å². The van der Waals surface area contributed by atoms with Crippen molar-refractivity contribution in [2.75, 3.05) is 34.3 Å². The number of aryl methyl sites for hydroxylation is 2. The third kappa shape index (κ3) is 4.75. The van der Waals surface area contributed by atoms with Crippen LogP contribution in [0.3, 0.4) is 0 Å². The molecule has 6 nitrogen and oxygen atoms in total. The van der Waals surface area contributed by atoms with Gasteiger partial charge in [0, 0.05) is 12.1 Å². The summed E-state index contributed by atoms with van der Waals surface area (Å²) >= 11 is 0. The summed E-state index contributed by atoms with van der Waals surface area (Å²) < 4.78 is 5.24. The first kappa shape index (κ1) is 23.7. The molecule has 170 valence electrons. The smallest absolute Gasteiger partial charge is 0.291 e. The van der Waals surface area contributed by atoms with Crippen molar-refractivity contribution >= 4 is 17.5 Å². The topological polar surface area (TPSA) is 66.9 Å². The second-order valence-electron chi connectivity index (χ2n) is 8.58. The number of hydrogen-bond donors (Lipinski definition) is 0. The fraction of sp³-hybridized carbons (Fsp3) is 0.423. The minimum atomic E-state index is -1.05. The van der Waals surface area contributed by atoms with Gasteiger partial charge in [0.05, 0.1) is 13.2 Å². The first-order chi connectivity index (χ1) is 15.3. The Bertz CT molecular complexity index is 997. The van der Waals surface area contributed by atoms with Crippen molar-refractivity contribution in [1.82, 2.24) is 9.80 Å². The zero-order valence-electron chi connectivity index (χ0n) is 19.6. The molecule has 0 bridgehead atoms. The predicted molar refractivity (Wildman–Crippen MR) is 124 cm³/mol. The molecule has 0 spiro atoms. The SMILES string of the molecule is CCc1ccc(C2C(C(=O)c3ccc(OC)cc3C)C(=O)C(=O)N2CCCN(C)C)cc1. The zero-order chi connectivity index (χ0) is 23.4. The van der Waals surface area contributed by atoms with Gasteiger partial charge in [0.25, 0.3) is 5.91 Å². The van der Waals surface area contributed by atoms with E-state index in [1.54, 1.807) is 30.2 Å². The van der Waals surface area contributed by atoms with Gasteiger partial charge in [-0.05, 0) is 75.3 Å². The molecule has 1 fully saturated rings. The molecule has 1 aliphatic heterocycles. The highest BCUT2D eigenvalue weighted by atomic mass is 16.5. The number of amides is 1. The van der Waals surface area contributed by atoms with Crippen LogP contribution in [0.4, 0.5) is 0 Å². The number of hydrogen-bond acceptors (Lipinski definition) is 5. The minimum Gasteiger partial charge on any atom is -0.497 e. The van der Waals surface area contributed by atoms with Crippen LogP contribution in [0, 0.1) is 12.8 Å². The normalized spacial score (nSPS) is 18.5. The maximum absolute atomic E-state index is 13.6. The van der Waals surface area contributed by atoms with Gasteiger partial charge in [0.1, 0.15) is 11.7 Å². The van der Waals surface area contributed by atoms with Crippen LogP contribution in [-0.4, -0.2) is 61.6 Å². The Morgan fingerprint density at radius 1 is 1.09 bits per heavy atom. The van der Waals surface area contributed by atoms with Gasteiger partial charge in [-0.2, -0.15) is 0 Å². The molecule has 0 saturated carbocycles. The van der Waals surface area contributed by atoms with E-state index in [4.69, 9.17) is 4.74 Å². The molecule has 2 aromatic rings. The fourth-order valence-corrected chi connectivity index (χ4v) is 4.31. The third-order valence-corrected chi connectivity index (χ3v) is 6.12. The fourth-order valence-electron chi connectivity index (χ4n) is 4.31. The van der Waals surface area contributed by atoms with Crippen LogP contribution in [0.15, 0.2) is 42.5 Å². The van der Waals surface area contributed by atoms with Crippen LogP contribution in [0.2, 0.25) is 0 Å². The van der Waals surface area contributed by atoms with Crippen molar-refractivity contribution in [2.24, 2.45) is 5.92 Å². The van der Waals surface area contributed by atoms with E-state index in [2.05, 4.69) is 6.92 Å². The van der Waals surface area contributed by atoms with Gasteiger partial charge in [0.2, 0.25) is 5.78 Å². The molecule has 2 unspecified atom stereocenters. The molecule has 0 aliphatic carbocycles. The monoisotopic (exact) mass is 436 g/mol. The summed E-state index contributed by atoms with van der Waals surface area (Å²) in [5, 5.41) is 0. The molecule has 0 radical (unpaired) electrons. The van der Waals surface area contributed by atoms with Crippen LogP contribution >= 0.6 is 0 Å². The molecule has 1 aliphatic rings. The highest BCUT2D eigenvalue weighted by Gasteiger charge is 2.51. The second-order valence-corrected chi connectivity index (χ2v) is 8.58. The first-order valence-electron chi connectivity index (χ1n) is 11.1. The third-order valence-electron chi connectivity index (χ3n) is 6.12. The van der Waals surface area contributed by atoms with E-state index in [1.165, 1.54) is 0 Å². The number of carbonyl (C=O) groups is 3. The molecule has 1 amide bonds. The second kappa shape index (κ2) is 10.1. The average Bonchev–Trinajstić information content (AvgIpc) is 3.03. The van der Waals surface area contributed by atoms with Gasteiger partial charge in [-0.3, -0.25) is 14.4 Å². The quantitative estimate of drug-likeness (QED) is 0.342. The highest BCUT2D eigenvalue weighted by Crippen LogP contribution is 2.39. The summed E-state index contributed by atoms with van der Waals surface area (Å²) in [7, 11) is 5.50. The van der Waals surface area contributed by atoms with Crippen molar-refractivity contribution in [3.8, 4) is 5.75 Å². The molecule has 3 rings (SSSR count). The lowest BCUT2D eigenvalue weighted by molar-refractivity contribution is -0.140. The largest absolute Gasteiger partial charge is 0.497 e.